The second-order valence-corrected chi connectivity index (χ2v) is 3.77. The van der Waals surface area contributed by atoms with Crippen molar-refractivity contribution in [1.82, 2.24) is 0 Å². The molecule has 0 bridgehead atoms. The fraction of sp³-hybridized carbons (Fsp3) is 0.273. The molecule has 78 valence electrons. The van der Waals surface area contributed by atoms with E-state index in [1.165, 1.54) is 0 Å². The first-order valence-electron chi connectivity index (χ1n) is 4.69. The van der Waals surface area contributed by atoms with Crippen molar-refractivity contribution in [2.75, 3.05) is 5.32 Å². The quantitative estimate of drug-likeness (QED) is 0.734. The Balaban J connectivity index is 2.62. The summed E-state index contributed by atoms with van der Waals surface area (Å²) in [6, 6.07) is 3.13. The molecule has 0 saturated carbocycles. The summed E-state index contributed by atoms with van der Waals surface area (Å²) in [7, 11) is 0. The molecule has 15 heavy (non-hydrogen) atoms. The second-order valence-electron chi connectivity index (χ2n) is 3.77. The standard InChI is InChI=1S/C11H11NO3/c1-5-3-7(11(14)15)4-8-6(2)10(13)12-9(5)8/h3-4,6H,1-2H3,(H,12,13)(H,14,15). The summed E-state index contributed by atoms with van der Waals surface area (Å²) in [4.78, 5) is 22.2. The van der Waals surface area contributed by atoms with Crippen molar-refractivity contribution in [3.8, 4) is 0 Å². The summed E-state index contributed by atoms with van der Waals surface area (Å²) in [5.74, 6) is -1.30. The van der Waals surface area contributed by atoms with Crippen LogP contribution in [-0.4, -0.2) is 17.0 Å². The third-order valence-corrected chi connectivity index (χ3v) is 2.72. The minimum Gasteiger partial charge on any atom is -0.478 e. The Bertz CT molecular complexity index is 465. The predicted octanol–water partition coefficient (Wildman–Crippen LogP) is 1.75. The van der Waals surface area contributed by atoms with E-state index in [-0.39, 0.29) is 17.4 Å². The van der Waals surface area contributed by atoms with Crippen LogP contribution in [0.3, 0.4) is 0 Å². The number of carbonyl (C=O) groups is 2. The van der Waals surface area contributed by atoms with Crippen molar-refractivity contribution >= 4 is 17.6 Å². The Kier molecular flexibility index (Phi) is 2.00. The van der Waals surface area contributed by atoms with Gasteiger partial charge in [0.25, 0.3) is 0 Å². The highest BCUT2D eigenvalue weighted by Crippen LogP contribution is 2.35. The molecule has 4 heteroatoms. The normalized spacial score (nSPS) is 18.5. The maximum Gasteiger partial charge on any atom is 0.335 e. The first kappa shape index (κ1) is 9.71. The molecule has 2 rings (SSSR count). The van der Waals surface area contributed by atoms with Gasteiger partial charge >= 0.3 is 5.97 Å². The highest BCUT2D eigenvalue weighted by molar-refractivity contribution is 6.04. The molecule has 0 aromatic heterocycles. The number of rotatable bonds is 1. The molecule has 1 aromatic carbocycles. The Morgan fingerprint density at radius 1 is 1.47 bits per heavy atom. The van der Waals surface area contributed by atoms with Crippen LogP contribution >= 0.6 is 0 Å². The molecule has 0 radical (unpaired) electrons. The summed E-state index contributed by atoms with van der Waals surface area (Å²) in [5.41, 5.74) is 2.56. The van der Waals surface area contributed by atoms with Gasteiger partial charge in [0.2, 0.25) is 5.91 Å². The molecule has 1 amide bonds. The lowest BCUT2D eigenvalue weighted by molar-refractivity contribution is -0.116. The summed E-state index contributed by atoms with van der Waals surface area (Å²) in [5, 5.41) is 11.6. The molecule has 1 aliphatic rings. The van der Waals surface area contributed by atoms with Crippen molar-refractivity contribution in [2.24, 2.45) is 0 Å². The van der Waals surface area contributed by atoms with Crippen LogP contribution in [0.5, 0.6) is 0 Å². The van der Waals surface area contributed by atoms with Crippen LogP contribution in [0.2, 0.25) is 0 Å². The molecular formula is C11H11NO3. The highest BCUT2D eigenvalue weighted by atomic mass is 16.4. The summed E-state index contributed by atoms with van der Waals surface area (Å²) < 4.78 is 0. The lowest BCUT2D eigenvalue weighted by Crippen LogP contribution is -2.08. The lowest BCUT2D eigenvalue weighted by atomic mass is 9.98. The van der Waals surface area contributed by atoms with Crippen LogP contribution in [-0.2, 0) is 4.79 Å². The first-order chi connectivity index (χ1) is 7.00. The van der Waals surface area contributed by atoms with Gasteiger partial charge in [-0.15, -0.1) is 0 Å². The smallest absolute Gasteiger partial charge is 0.335 e. The average molecular weight is 205 g/mol. The van der Waals surface area contributed by atoms with Gasteiger partial charge in [-0.05, 0) is 37.1 Å². The number of benzene rings is 1. The van der Waals surface area contributed by atoms with E-state index < -0.39 is 5.97 Å². The van der Waals surface area contributed by atoms with Crippen LogP contribution in [0.1, 0.15) is 34.3 Å². The van der Waals surface area contributed by atoms with E-state index in [0.717, 1.165) is 16.8 Å². The highest BCUT2D eigenvalue weighted by Gasteiger charge is 2.28. The Labute approximate surface area is 86.9 Å². The van der Waals surface area contributed by atoms with Gasteiger partial charge in [0, 0.05) is 5.69 Å². The van der Waals surface area contributed by atoms with Gasteiger partial charge in [0.05, 0.1) is 11.5 Å². The third kappa shape index (κ3) is 1.38. The zero-order chi connectivity index (χ0) is 11.2. The lowest BCUT2D eigenvalue weighted by Gasteiger charge is -2.06. The zero-order valence-corrected chi connectivity index (χ0v) is 8.50. The molecule has 4 nitrogen and oxygen atoms in total. The number of aryl methyl sites for hydroxylation is 1. The topological polar surface area (TPSA) is 66.4 Å². The number of nitrogens with one attached hydrogen (secondary N) is 1. The fourth-order valence-electron chi connectivity index (χ4n) is 1.82. The van der Waals surface area contributed by atoms with Crippen LogP contribution in [0.4, 0.5) is 5.69 Å². The van der Waals surface area contributed by atoms with Gasteiger partial charge in [-0.25, -0.2) is 4.79 Å². The third-order valence-electron chi connectivity index (χ3n) is 2.72. The molecule has 1 aliphatic heterocycles. The number of carboxylic acid groups (broad SMARTS) is 1. The van der Waals surface area contributed by atoms with Crippen molar-refractivity contribution in [3.05, 3.63) is 28.8 Å². The van der Waals surface area contributed by atoms with Gasteiger partial charge in [0.1, 0.15) is 0 Å². The Hall–Kier alpha value is -1.84. The Morgan fingerprint density at radius 3 is 2.73 bits per heavy atom. The maximum atomic E-state index is 11.4. The number of anilines is 1. The minimum absolute atomic E-state index is 0.0735. The molecule has 1 aromatic rings. The number of hydrogen-bond donors (Lipinski definition) is 2. The van der Waals surface area contributed by atoms with Crippen molar-refractivity contribution < 1.29 is 14.7 Å². The summed E-state index contributed by atoms with van der Waals surface area (Å²) in [6.07, 6.45) is 0. The van der Waals surface area contributed by atoms with Gasteiger partial charge in [0.15, 0.2) is 0 Å². The van der Waals surface area contributed by atoms with Gasteiger partial charge in [-0.3, -0.25) is 4.79 Å². The number of aromatic carboxylic acids is 1. The first-order valence-corrected chi connectivity index (χ1v) is 4.69. The molecule has 1 atom stereocenters. The molecule has 0 saturated heterocycles. The van der Waals surface area contributed by atoms with E-state index in [2.05, 4.69) is 5.32 Å². The molecule has 0 spiro atoms. The van der Waals surface area contributed by atoms with Crippen molar-refractivity contribution in [2.45, 2.75) is 19.8 Å². The van der Waals surface area contributed by atoms with E-state index in [4.69, 9.17) is 5.11 Å². The van der Waals surface area contributed by atoms with E-state index in [1.807, 2.05) is 0 Å². The zero-order valence-electron chi connectivity index (χ0n) is 8.50. The molecule has 1 heterocycles. The Morgan fingerprint density at radius 2 is 2.13 bits per heavy atom. The number of hydrogen-bond acceptors (Lipinski definition) is 2. The van der Waals surface area contributed by atoms with E-state index >= 15 is 0 Å². The van der Waals surface area contributed by atoms with Crippen LogP contribution in [0.15, 0.2) is 12.1 Å². The largest absolute Gasteiger partial charge is 0.478 e. The number of fused-ring (bicyclic) bond motifs is 1. The summed E-state index contributed by atoms with van der Waals surface area (Å²) in [6.45, 7) is 3.57. The van der Waals surface area contributed by atoms with Crippen LogP contribution in [0, 0.1) is 6.92 Å². The molecule has 0 aliphatic carbocycles. The maximum absolute atomic E-state index is 11.4. The van der Waals surface area contributed by atoms with Gasteiger partial charge in [-0.2, -0.15) is 0 Å². The fourth-order valence-corrected chi connectivity index (χ4v) is 1.82. The number of carboxylic acids is 1. The van der Waals surface area contributed by atoms with E-state index in [9.17, 15) is 9.59 Å². The monoisotopic (exact) mass is 205 g/mol. The number of carbonyl (C=O) groups excluding carboxylic acids is 1. The average Bonchev–Trinajstić information content (AvgIpc) is 2.45. The predicted molar refractivity (Wildman–Crippen MR) is 55.2 cm³/mol. The van der Waals surface area contributed by atoms with Gasteiger partial charge in [-0.1, -0.05) is 0 Å². The van der Waals surface area contributed by atoms with E-state index in [1.54, 1.807) is 26.0 Å². The SMILES string of the molecule is Cc1cc(C(=O)O)cc2c1NC(=O)C2C. The summed E-state index contributed by atoms with van der Waals surface area (Å²) >= 11 is 0. The van der Waals surface area contributed by atoms with Crippen LogP contribution in [0.25, 0.3) is 0 Å². The molecule has 1 unspecified atom stereocenters. The van der Waals surface area contributed by atoms with Gasteiger partial charge < -0.3 is 10.4 Å². The molecule has 0 fully saturated rings. The number of amides is 1. The van der Waals surface area contributed by atoms with Crippen molar-refractivity contribution in [1.29, 1.82) is 0 Å². The van der Waals surface area contributed by atoms with E-state index in [0.29, 0.717) is 0 Å². The minimum atomic E-state index is -0.965. The molecule has 2 N–H and O–H groups in total. The van der Waals surface area contributed by atoms with Crippen molar-refractivity contribution in [3.63, 3.8) is 0 Å². The second kappa shape index (κ2) is 3.08. The van der Waals surface area contributed by atoms with Crippen LogP contribution < -0.4 is 5.32 Å². The molecular weight excluding hydrogens is 194 g/mol.